The third-order valence-electron chi connectivity index (χ3n) is 6.24. The minimum Gasteiger partial charge on any atom is -0.360 e. The molecule has 1 aliphatic heterocycles. The third-order valence-corrected chi connectivity index (χ3v) is 7.25. The number of thiazole rings is 1. The SMILES string of the molecule is Cc1onc(-c2ccccc2)c1C(=O)N1CCC(c2nc(C(=O)NNC(=O)c3ccncc3)cs2)CC1. The van der Waals surface area contributed by atoms with E-state index >= 15 is 0 Å². The van der Waals surface area contributed by atoms with Crippen LogP contribution in [0.2, 0.25) is 0 Å². The minimum absolute atomic E-state index is 0.0970. The number of carbonyl (C=O) groups is 3. The fourth-order valence-corrected chi connectivity index (χ4v) is 5.21. The van der Waals surface area contributed by atoms with Gasteiger partial charge in [0.25, 0.3) is 17.7 Å². The largest absolute Gasteiger partial charge is 0.360 e. The van der Waals surface area contributed by atoms with Crippen molar-refractivity contribution in [2.75, 3.05) is 13.1 Å². The molecule has 0 spiro atoms. The normalized spacial score (nSPS) is 13.8. The average Bonchev–Trinajstić information content (AvgIpc) is 3.60. The molecule has 11 heteroatoms. The molecule has 3 amide bonds. The van der Waals surface area contributed by atoms with Crippen molar-refractivity contribution < 1.29 is 18.9 Å². The summed E-state index contributed by atoms with van der Waals surface area (Å²) in [7, 11) is 0. The van der Waals surface area contributed by atoms with Crippen LogP contribution in [-0.4, -0.2) is 50.8 Å². The van der Waals surface area contributed by atoms with Gasteiger partial charge in [-0.25, -0.2) is 4.98 Å². The lowest BCUT2D eigenvalue weighted by Crippen LogP contribution is -2.41. The van der Waals surface area contributed by atoms with E-state index in [4.69, 9.17) is 4.52 Å². The van der Waals surface area contributed by atoms with Crippen molar-refractivity contribution in [2.45, 2.75) is 25.7 Å². The van der Waals surface area contributed by atoms with Crippen LogP contribution in [-0.2, 0) is 0 Å². The van der Waals surface area contributed by atoms with E-state index in [2.05, 4.69) is 26.0 Å². The van der Waals surface area contributed by atoms with E-state index < -0.39 is 11.8 Å². The molecule has 4 heterocycles. The quantitative estimate of drug-likeness (QED) is 0.388. The number of hydrogen-bond acceptors (Lipinski definition) is 8. The molecule has 0 atom stereocenters. The van der Waals surface area contributed by atoms with Crippen LogP contribution in [0.1, 0.15) is 60.7 Å². The highest BCUT2D eigenvalue weighted by atomic mass is 32.1. The first kappa shape index (κ1) is 24.3. The number of hydrazine groups is 1. The van der Waals surface area contributed by atoms with Gasteiger partial charge in [-0.1, -0.05) is 35.5 Å². The molecule has 0 saturated carbocycles. The number of carbonyl (C=O) groups excluding carboxylic acids is 3. The van der Waals surface area contributed by atoms with Crippen LogP contribution in [0.4, 0.5) is 0 Å². The van der Waals surface area contributed by atoms with E-state index in [-0.39, 0.29) is 17.5 Å². The third kappa shape index (κ3) is 5.26. The van der Waals surface area contributed by atoms with Crippen molar-refractivity contribution in [1.82, 2.24) is 30.9 Å². The maximum Gasteiger partial charge on any atom is 0.289 e. The Balaban J connectivity index is 1.18. The molecule has 10 nitrogen and oxygen atoms in total. The molecule has 0 radical (unpaired) electrons. The van der Waals surface area contributed by atoms with Crippen LogP contribution in [0.5, 0.6) is 0 Å². The topological polar surface area (TPSA) is 130 Å². The van der Waals surface area contributed by atoms with Crippen molar-refractivity contribution in [2.24, 2.45) is 0 Å². The summed E-state index contributed by atoms with van der Waals surface area (Å²) in [4.78, 5) is 48.1. The highest BCUT2D eigenvalue weighted by Gasteiger charge is 2.31. The highest BCUT2D eigenvalue weighted by molar-refractivity contribution is 7.09. The number of pyridine rings is 1. The Morgan fingerprint density at radius 3 is 2.43 bits per heavy atom. The average molecular weight is 517 g/mol. The standard InChI is InChI=1S/C26H24N6O4S/c1-16-21(22(31-36-16)17-5-3-2-4-6-17)26(35)32-13-9-19(10-14-32)25-28-20(15-37-25)24(34)30-29-23(33)18-7-11-27-12-8-18/h2-8,11-12,15,19H,9-10,13-14H2,1H3,(H,29,33)(H,30,34). The van der Waals surface area contributed by atoms with Crippen LogP contribution >= 0.6 is 11.3 Å². The lowest BCUT2D eigenvalue weighted by molar-refractivity contribution is 0.0711. The zero-order chi connectivity index (χ0) is 25.8. The van der Waals surface area contributed by atoms with Gasteiger partial charge in [0.2, 0.25) is 0 Å². The van der Waals surface area contributed by atoms with Gasteiger partial charge < -0.3 is 9.42 Å². The highest BCUT2D eigenvalue weighted by Crippen LogP contribution is 2.32. The van der Waals surface area contributed by atoms with E-state index in [0.29, 0.717) is 35.7 Å². The van der Waals surface area contributed by atoms with E-state index in [1.165, 1.54) is 23.7 Å². The fourth-order valence-electron chi connectivity index (χ4n) is 4.24. The van der Waals surface area contributed by atoms with Crippen molar-refractivity contribution in [3.05, 3.63) is 87.8 Å². The molecule has 1 fully saturated rings. The summed E-state index contributed by atoms with van der Waals surface area (Å²) in [5.74, 6) is -0.396. The van der Waals surface area contributed by atoms with E-state index in [1.807, 2.05) is 35.2 Å². The molecule has 2 N–H and O–H groups in total. The van der Waals surface area contributed by atoms with Gasteiger partial charge in [-0.3, -0.25) is 30.2 Å². The number of aryl methyl sites for hydroxylation is 1. The summed E-state index contributed by atoms with van der Waals surface area (Å²) < 4.78 is 5.36. The van der Waals surface area contributed by atoms with E-state index in [9.17, 15) is 14.4 Å². The number of aromatic nitrogens is 3. The van der Waals surface area contributed by atoms with Gasteiger partial charge in [-0.15, -0.1) is 11.3 Å². The number of piperidine rings is 1. The van der Waals surface area contributed by atoms with Crippen LogP contribution in [0.15, 0.2) is 64.8 Å². The summed E-state index contributed by atoms with van der Waals surface area (Å²) in [5.41, 5.74) is 7.27. The Bertz CT molecular complexity index is 1410. The molecule has 1 aromatic carbocycles. The molecule has 37 heavy (non-hydrogen) atoms. The molecule has 4 aromatic rings. The van der Waals surface area contributed by atoms with Gasteiger partial charge in [0.15, 0.2) is 0 Å². The Kier molecular flexibility index (Phi) is 7.04. The number of hydrogen-bond donors (Lipinski definition) is 2. The predicted octanol–water partition coefficient (Wildman–Crippen LogP) is 3.60. The van der Waals surface area contributed by atoms with Crippen LogP contribution in [0.3, 0.4) is 0 Å². The lowest BCUT2D eigenvalue weighted by atomic mass is 9.96. The summed E-state index contributed by atoms with van der Waals surface area (Å²) in [6, 6.07) is 12.6. The molecule has 188 valence electrons. The van der Waals surface area contributed by atoms with E-state index in [1.54, 1.807) is 24.4 Å². The Morgan fingerprint density at radius 1 is 1.00 bits per heavy atom. The molecular weight excluding hydrogens is 492 g/mol. The van der Waals surface area contributed by atoms with Crippen molar-refractivity contribution in [3.8, 4) is 11.3 Å². The van der Waals surface area contributed by atoms with Crippen LogP contribution in [0, 0.1) is 6.92 Å². The number of rotatable bonds is 5. The molecule has 3 aromatic heterocycles. The number of nitrogens with zero attached hydrogens (tertiary/aromatic N) is 4. The molecule has 1 saturated heterocycles. The fraction of sp³-hybridized carbons (Fsp3) is 0.231. The first-order valence-corrected chi connectivity index (χ1v) is 12.7. The van der Waals surface area contributed by atoms with Crippen molar-refractivity contribution in [3.63, 3.8) is 0 Å². The molecular formula is C26H24N6O4S. The van der Waals surface area contributed by atoms with Gasteiger partial charge in [-0.05, 0) is 31.9 Å². The molecule has 5 rings (SSSR count). The Labute approximate surface area is 216 Å². The molecule has 0 aliphatic carbocycles. The van der Waals surface area contributed by atoms with Gasteiger partial charge in [0.05, 0.1) is 5.01 Å². The minimum atomic E-state index is -0.492. The second-order valence-electron chi connectivity index (χ2n) is 8.61. The Morgan fingerprint density at radius 2 is 1.70 bits per heavy atom. The van der Waals surface area contributed by atoms with Gasteiger partial charge in [0, 0.05) is 47.9 Å². The summed E-state index contributed by atoms with van der Waals surface area (Å²) in [5, 5.41) is 6.64. The number of benzene rings is 1. The van der Waals surface area contributed by atoms with Crippen LogP contribution < -0.4 is 10.9 Å². The first-order chi connectivity index (χ1) is 18.0. The zero-order valence-corrected chi connectivity index (χ0v) is 20.8. The second-order valence-corrected chi connectivity index (χ2v) is 9.50. The smallest absolute Gasteiger partial charge is 0.289 e. The maximum atomic E-state index is 13.4. The molecule has 0 unspecified atom stereocenters. The van der Waals surface area contributed by atoms with Crippen molar-refractivity contribution in [1.29, 1.82) is 0 Å². The van der Waals surface area contributed by atoms with Gasteiger partial charge >= 0.3 is 0 Å². The monoisotopic (exact) mass is 516 g/mol. The summed E-state index contributed by atoms with van der Waals surface area (Å²) in [6.07, 6.45) is 4.45. The maximum absolute atomic E-state index is 13.4. The zero-order valence-electron chi connectivity index (χ0n) is 20.0. The van der Waals surface area contributed by atoms with Crippen molar-refractivity contribution >= 4 is 29.1 Å². The van der Waals surface area contributed by atoms with Gasteiger partial charge in [0.1, 0.15) is 22.7 Å². The molecule has 1 aliphatic rings. The number of amides is 3. The predicted molar refractivity (Wildman–Crippen MR) is 136 cm³/mol. The molecule has 0 bridgehead atoms. The summed E-state index contributed by atoms with van der Waals surface area (Å²) >= 11 is 1.40. The first-order valence-electron chi connectivity index (χ1n) is 11.8. The number of likely N-dealkylation sites (tertiary alicyclic amines) is 1. The van der Waals surface area contributed by atoms with E-state index in [0.717, 1.165) is 23.4 Å². The Hall–Kier alpha value is -4.38. The second kappa shape index (κ2) is 10.7. The lowest BCUT2D eigenvalue weighted by Gasteiger charge is -2.31. The summed E-state index contributed by atoms with van der Waals surface area (Å²) in [6.45, 7) is 2.87. The van der Waals surface area contributed by atoms with Gasteiger partial charge in [-0.2, -0.15) is 0 Å². The van der Waals surface area contributed by atoms with Crippen LogP contribution in [0.25, 0.3) is 11.3 Å². The number of nitrogens with one attached hydrogen (secondary N) is 2.